The van der Waals surface area contributed by atoms with Gasteiger partial charge in [-0.3, -0.25) is 0 Å². The number of fused-ring (bicyclic) bond motifs is 2. The second-order valence-electron chi connectivity index (χ2n) is 5.13. The van der Waals surface area contributed by atoms with Gasteiger partial charge in [0.15, 0.2) is 11.5 Å². The van der Waals surface area contributed by atoms with Gasteiger partial charge in [-0.05, 0) is 0 Å². The SMILES string of the molecule is Cl.FC(F)Cn1ncc2ncc(-n3cc4c(n3)CCNC4)nc21. The minimum Gasteiger partial charge on any atom is -0.312 e. The van der Waals surface area contributed by atoms with E-state index in [0.29, 0.717) is 17.0 Å². The molecule has 1 aliphatic heterocycles. The van der Waals surface area contributed by atoms with Crippen LogP contribution in [0.1, 0.15) is 11.3 Å². The largest absolute Gasteiger partial charge is 0.312 e. The molecule has 1 aliphatic rings. The quantitative estimate of drug-likeness (QED) is 0.778. The van der Waals surface area contributed by atoms with E-state index in [-0.39, 0.29) is 12.4 Å². The summed E-state index contributed by atoms with van der Waals surface area (Å²) in [5.74, 6) is 0.498. The van der Waals surface area contributed by atoms with Gasteiger partial charge in [0.25, 0.3) is 6.43 Å². The third-order valence-electron chi connectivity index (χ3n) is 3.61. The Labute approximate surface area is 136 Å². The average molecular weight is 342 g/mol. The molecule has 122 valence electrons. The molecule has 3 aromatic rings. The van der Waals surface area contributed by atoms with Crippen molar-refractivity contribution in [3.05, 3.63) is 29.8 Å². The van der Waals surface area contributed by atoms with Gasteiger partial charge in [0.2, 0.25) is 0 Å². The number of halogens is 3. The molecule has 0 radical (unpaired) electrons. The van der Waals surface area contributed by atoms with Crippen LogP contribution in [0.2, 0.25) is 0 Å². The zero-order valence-corrected chi connectivity index (χ0v) is 12.8. The van der Waals surface area contributed by atoms with E-state index in [4.69, 9.17) is 0 Å². The first-order valence-corrected chi connectivity index (χ1v) is 6.96. The van der Waals surface area contributed by atoms with E-state index < -0.39 is 13.0 Å². The molecule has 4 rings (SSSR count). The van der Waals surface area contributed by atoms with E-state index in [0.717, 1.165) is 30.8 Å². The summed E-state index contributed by atoms with van der Waals surface area (Å²) in [4.78, 5) is 8.61. The summed E-state index contributed by atoms with van der Waals surface area (Å²) in [5, 5.41) is 11.7. The van der Waals surface area contributed by atoms with E-state index in [1.807, 2.05) is 6.20 Å². The molecule has 10 heteroatoms. The average Bonchev–Trinajstić information content (AvgIpc) is 3.10. The Hall–Kier alpha value is -2.13. The fourth-order valence-corrected chi connectivity index (χ4v) is 2.57. The van der Waals surface area contributed by atoms with Crippen LogP contribution in [0.5, 0.6) is 0 Å². The fourth-order valence-electron chi connectivity index (χ4n) is 2.57. The molecule has 3 aromatic heterocycles. The normalized spacial score (nSPS) is 14.0. The zero-order valence-electron chi connectivity index (χ0n) is 12.0. The molecular weight excluding hydrogens is 328 g/mol. The lowest BCUT2D eigenvalue weighted by Crippen LogP contribution is -2.22. The Morgan fingerprint density at radius 3 is 2.96 bits per heavy atom. The Bertz CT molecular complexity index is 805. The number of hydrogen-bond donors (Lipinski definition) is 1. The predicted molar refractivity (Wildman–Crippen MR) is 81.1 cm³/mol. The highest BCUT2D eigenvalue weighted by Crippen LogP contribution is 2.16. The third kappa shape index (κ3) is 2.89. The maximum atomic E-state index is 12.6. The van der Waals surface area contributed by atoms with Gasteiger partial charge in [-0.1, -0.05) is 0 Å². The van der Waals surface area contributed by atoms with Crippen LogP contribution in [-0.4, -0.2) is 42.5 Å². The standard InChI is InChI=1S/C13H13F2N7.ClH/c14-11(15)7-22-13-10(4-18-22)17-5-12(19-13)21-6-8-3-16-2-1-9(8)20-21;/h4-6,11,16H,1-3,7H2;1H. The van der Waals surface area contributed by atoms with Crippen LogP contribution in [0.4, 0.5) is 8.78 Å². The van der Waals surface area contributed by atoms with E-state index in [1.165, 1.54) is 10.9 Å². The molecule has 0 atom stereocenters. The van der Waals surface area contributed by atoms with Gasteiger partial charge < -0.3 is 5.32 Å². The zero-order chi connectivity index (χ0) is 15.1. The summed E-state index contributed by atoms with van der Waals surface area (Å²) in [6, 6.07) is 0. The van der Waals surface area contributed by atoms with E-state index in [1.54, 1.807) is 10.9 Å². The summed E-state index contributed by atoms with van der Waals surface area (Å²) in [6.45, 7) is 1.17. The molecule has 0 bridgehead atoms. The number of aromatic nitrogens is 6. The van der Waals surface area contributed by atoms with Crippen molar-refractivity contribution in [2.75, 3.05) is 6.54 Å². The van der Waals surface area contributed by atoms with Crippen molar-refractivity contribution in [1.82, 2.24) is 34.8 Å². The Kier molecular flexibility index (Phi) is 4.22. The first-order valence-electron chi connectivity index (χ1n) is 6.96. The van der Waals surface area contributed by atoms with Gasteiger partial charge in [-0.25, -0.2) is 28.1 Å². The number of rotatable bonds is 3. The van der Waals surface area contributed by atoms with Gasteiger partial charge in [0.1, 0.15) is 12.1 Å². The van der Waals surface area contributed by atoms with Crippen LogP contribution < -0.4 is 5.32 Å². The molecule has 0 saturated carbocycles. The fraction of sp³-hybridized carbons (Fsp3) is 0.385. The molecule has 0 spiro atoms. The maximum Gasteiger partial charge on any atom is 0.258 e. The number of nitrogens with one attached hydrogen (secondary N) is 1. The Morgan fingerprint density at radius 2 is 2.17 bits per heavy atom. The molecule has 0 aliphatic carbocycles. The maximum absolute atomic E-state index is 12.6. The predicted octanol–water partition coefficient (Wildman–Crippen LogP) is 1.34. The van der Waals surface area contributed by atoms with Gasteiger partial charge >= 0.3 is 0 Å². The van der Waals surface area contributed by atoms with Crippen LogP contribution in [-0.2, 0) is 19.5 Å². The minimum atomic E-state index is -2.49. The van der Waals surface area contributed by atoms with Crippen LogP contribution in [0.3, 0.4) is 0 Å². The molecule has 23 heavy (non-hydrogen) atoms. The highest BCUT2D eigenvalue weighted by molar-refractivity contribution is 5.85. The van der Waals surface area contributed by atoms with Crippen LogP contribution in [0.15, 0.2) is 18.6 Å². The van der Waals surface area contributed by atoms with Crippen LogP contribution in [0.25, 0.3) is 17.0 Å². The Morgan fingerprint density at radius 1 is 1.30 bits per heavy atom. The van der Waals surface area contributed by atoms with Crippen molar-refractivity contribution in [2.24, 2.45) is 0 Å². The number of nitrogens with zero attached hydrogens (tertiary/aromatic N) is 6. The summed E-state index contributed by atoms with van der Waals surface area (Å²) in [6.07, 6.45) is 3.28. The van der Waals surface area contributed by atoms with Crippen molar-refractivity contribution in [2.45, 2.75) is 25.9 Å². The van der Waals surface area contributed by atoms with Gasteiger partial charge in [-0.2, -0.15) is 10.2 Å². The van der Waals surface area contributed by atoms with Crippen LogP contribution >= 0.6 is 12.4 Å². The second kappa shape index (κ2) is 6.17. The molecule has 0 saturated heterocycles. The first kappa shape index (κ1) is 15.8. The smallest absolute Gasteiger partial charge is 0.258 e. The summed E-state index contributed by atoms with van der Waals surface area (Å²) < 4.78 is 28.0. The summed E-state index contributed by atoms with van der Waals surface area (Å²) >= 11 is 0. The lowest BCUT2D eigenvalue weighted by molar-refractivity contribution is 0.123. The van der Waals surface area contributed by atoms with Crippen molar-refractivity contribution < 1.29 is 8.78 Å². The minimum absolute atomic E-state index is 0. The molecule has 4 heterocycles. The highest BCUT2D eigenvalue weighted by Gasteiger charge is 2.16. The lowest BCUT2D eigenvalue weighted by atomic mass is 10.1. The highest BCUT2D eigenvalue weighted by atomic mass is 35.5. The summed E-state index contributed by atoms with van der Waals surface area (Å²) in [7, 11) is 0. The van der Waals surface area contributed by atoms with Crippen LogP contribution in [0, 0.1) is 0 Å². The van der Waals surface area contributed by atoms with Gasteiger partial charge in [-0.15, -0.1) is 12.4 Å². The van der Waals surface area contributed by atoms with E-state index >= 15 is 0 Å². The van der Waals surface area contributed by atoms with E-state index in [9.17, 15) is 8.78 Å². The third-order valence-corrected chi connectivity index (χ3v) is 3.61. The topological polar surface area (TPSA) is 73.5 Å². The molecule has 0 fully saturated rings. The second-order valence-corrected chi connectivity index (χ2v) is 5.13. The monoisotopic (exact) mass is 341 g/mol. The van der Waals surface area contributed by atoms with Gasteiger partial charge in [0.05, 0.1) is 18.1 Å². The van der Waals surface area contributed by atoms with Crippen molar-refractivity contribution >= 4 is 23.6 Å². The first-order chi connectivity index (χ1) is 10.7. The molecule has 0 aromatic carbocycles. The lowest BCUT2D eigenvalue weighted by Gasteiger charge is -2.09. The van der Waals surface area contributed by atoms with Crippen molar-refractivity contribution in [1.29, 1.82) is 0 Å². The molecule has 7 nitrogen and oxygen atoms in total. The number of hydrogen-bond acceptors (Lipinski definition) is 5. The van der Waals surface area contributed by atoms with E-state index in [2.05, 4.69) is 25.5 Å². The van der Waals surface area contributed by atoms with Crippen molar-refractivity contribution in [3.8, 4) is 5.82 Å². The molecule has 0 unspecified atom stereocenters. The van der Waals surface area contributed by atoms with Gasteiger partial charge in [0, 0.05) is 31.3 Å². The molecule has 1 N–H and O–H groups in total. The van der Waals surface area contributed by atoms with Crippen molar-refractivity contribution in [3.63, 3.8) is 0 Å². The number of alkyl halides is 2. The Balaban J connectivity index is 0.00000156. The molecule has 0 amide bonds. The molecular formula is C13H14ClF2N7. The summed E-state index contributed by atoms with van der Waals surface area (Å²) in [5.41, 5.74) is 2.98.